The van der Waals surface area contributed by atoms with Crippen LogP contribution in [-0.4, -0.2) is 18.2 Å². The molecule has 4 heteroatoms. The zero-order valence-electron chi connectivity index (χ0n) is 9.33. The van der Waals surface area contributed by atoms with Gasteiger partial charge in [0, 0.05) is 16.8 Å². The molecular weight excluding hydrogens is 286 g/mol. The zero-order chi connectivity index (χ0) is 11.8. The van der Waals surface area contributed by atoms with Crippen LogP contribution in [-0.2, 0) is 10.5 Å². The van der Waals surface area contributed by atoms with E-state index in [9.17, 15) is 4.79 Å². The summed E-state index contributed by atoms with van der Waals surface area (Å²) in [4.78, 5) is 11.3. The van der Waals surface area contributed by atoms with Crippen molar-refractivity contribution in [3.05, 3.63) is 34.3 Å². The predicted molar refractivity (Wildman–Crippen MR) is 73.6 cm³/mol. The number of hydrogen-bond acceptors (Lipinski definition) is 2. The summed E-state index contributed by atoms with van der Waals surface area (Å²) in [6.07, 6.45) is 0.989. The highest BCUT2D eigenvalue weighted by Gasteiger charge is 2.00. The first-order valence-corrected chi connectivity index (χ1v) is 7.26. The Morgan fingerprint density at radius 2 is 2.06 bits per heavy atom. The molecule has 0 aromatic heterocycles. The van der Waals surface area contributed by atoms with Crippen LogP contribution < -0.4 is 5.32 Å². The Hall–Kier alpha value is -0.480. The molecule has 1 aromatic carbocycles. The maximum absolute atomic E-state index is 11.3. The molecule has 0 radical (unpaired) electrons. The Morgan fingerprint density at radius 1 is 1.38 bits per heavy atom. The van der Waals surface area contributed by atoms with Crippen LogP contribution >= 0.6 is 27.7 Å². The highest BCUT2D eigenvalue weighted by atomic mass is 79.9. The summed E-state index contributed by atoms with van der Waals surface area (Å²) >= 11 is 5.04. The van der Waals surface area contributed by atoms with Crippen molar-refractivity contribution in [3.63, 3.8) is 0 Å². The third-order valence-corrected chi connectivity index (χ3v) is 3.52. The Kier molecular flexibility index (Phi) is 6.57. The number of carbonyl (C=O) groups is 1. The van der Waals surface area contributed by atoms with Crippen molar-refractivity contribution < 1.29 is 4.79 Å². The minimum atomic E-state index is 0.129. The molecule has 0 spiro atoms. The molecule has 0 bridgehead atoms. The van der Waals surface area contributed by atoms with E-state index in [1.807, 2.05) is 12.1 Å². The summed E-state index contributed by atoms with van der Waals surface area (Å²) in [5.41, 5.74) is 1.25. The molecule has 0 saturated carbocycles. The van der Waals surface area contributed by atoms with Gasteiger partial charge in [-0.15, -0.1) is 11.8 Å². The van der Waals surface area contributed by atoms with E-state index in [0.29, 0.717) is 5.75 Å². The van der Waals surface area contributed by atoms with Crippen LogP contribution in [0.15, 0.2) is 28.7 Å². The number of hydrogen-bond donors (Lipinski definition) is 1. The molecule has 0 heterocycles. The van der Waals surface area contributed by atoms with E-state index in [0.717, 1.165) is 23.2 Å². The largest absolute Gasteiger partial charge is 0.355 e. The average molecular weight is 302 g/mol. The Balaban J connectivity index is 2.20. The van der Waals surface area contributed by atoms with Gasteiger partial charge in [-0.1, -0.05) is 35.0 Å². The van der Waals surface area contributed by atoms with Crippen molar-refractivity contribution in [3.8, 4) is 0 Å². The number of benzene rings is 1. The van der Waals surface area contributed by atoms with Gasteiger partial charge >= 0.3 is 0 Å². The van der Waals surface area contributed by atoms with E-state index in [4.69, 9.17) is 0 Å². The van der Waals surface area contributed by atoms with Crippen LogP contribution in [0.25, 0.3) is 0 Å². The number of nitrogens with one attached hydrogen (secondary N) is 1. The third kappa shape index (κ3) is 5.56. The average Bonchev–Trinajstić information content (AvgIpc) is 2.29. The van der Waals surface area contributed by atoms with E-state index >= 15 is 0 Å². The molecule has 1 N–H and O–H groups in total. The first kappa shape index (κ1) is 13.6. The molecule has 16 heavy (non-hydrogen) atoms. The zero-order valence-corrected chi connectivity index (χ0v) is 11.7. The van der Waals surface area contributed by atoms with Crippen molar-refractivity contribution in [2.75, 3.05) is 12.3 Å². The standard InChI is InChI=1S/C12H16BrNOS/c1-2-7-14-12(15)9-16-8-10-3-5-11(13)6-4-10/h3-6H,2,7-9H2,1H3,(H,14,15). The second-order valence-electron chi connectivity index (χ2n) is 3.47. The molecule has 0 fully saturated rings. The van der Waals surface area contributed by atoms with Gasteiger partial charge in [0.25, 0.3) is 0 Å². The Morgan fingerprint density at radius 3 is 2.69 bits per heavy atom. The van der Waals surface area contributed by atoms with E-state index in [-0.39, 0.29) is 5.91 Å². The fourth-order valence-corrected chi connectivity index (χ4v) is 2.24. The molecule has 0 saturated heterocycles. The lowest BCUT2D eigenvalue weighted by molar-refractivity contribution is -0.118. The molecule has 88 valence electrons. The number of amides is 1. The van der Waals surface area contributed by atoms with Crippen molar-refractivity contribution >= 4 is 33.6 Å². The molecule has 1 rings (SSSR count). The van der Waals surface area contributed by atoms with Gasteiger partial charge in [-0.05, 0) is 24.1 Å². The van der Waals surface area contributed by atoms with Crippen LogP contribution in [0, 0.1) is 0 Å². The first-order valence-electron chi connectivity index (χ1n) is 5.31. The highest BCUT2D eigenvalue weighted by molar-refractivity contribution is 9.10. The monoisotopic (exact) mass is 301 g/mol. The van der Waals surface area contributed by atoms with E-state index in [1.165, 1.54) is 5.56 Å². The summed E-state index contributed by atoms with van der Waals surface area (Å²) in [5.74, 6) is 1.55. The molecule has 0 aliphatic heterocycles. The minimum Gasteiger partial charge on any atom is -0.355 e. The fourth-order valence-electron chi connectivity index (χ4n) is 1.16. The van der Waals surface area contributed by atoms with Gasteiger partial charge in [0.2, 0.25) is 5.91 Å². The molecule has 0 aliphatic carbocycles. The van der Waals surface area contributed by atoms with Crippen LogP contribution in [0.1, 0.15) is 18.9 Å². The third-order valence-electron chi connectivity index (χ3n) is 1.99. The lowest BCUT2D eigenvalue weighted by atomic mass is 10.2. The van der Waals surface area contributed by atoms with E-state index < -0.39 is 0 Å². The quantitative estimate of drug-likeness (QED) is 0.874. The molecule has 2 nitrogen and oxygen atoms in total. The number of thioether (sulfide) groups is 1. The first-order chi connectivity index (χ1) is 7.72. The van der Waals surface area contributed by atoms with Gasteiger partial charge in [0.1, 0.15) is 0 Å². The van der Waals surface area contributed by atoms with Crippen molar-refractivity contribution in [1.29, 1.82) is 0 Å². The molecule has 0 unspecified atom stereocenters. The predicted octanol–water partition coefficient (Wildman–Crippen LogP) is 3.21. The molecule has 1 aromatic rings. The van der Waals surface area contributed by atoms with E-state index in [2.05, 4.69) is 40.3 Å². The summed E-state index contributed by atoms with van der Waals surface area (Å²) in [7, 11) is 0. The fraction of sp³-hybridized carbons (Fsp3) is 0.417. The normalized spacial score (nSPS) is 10.1. The second-order valence-corrected chi connectivity index (χ2v) is 5.37. The highest BCUT2D eigenvalue weighted by Crippen LogP contribution is 2.15. The molecular formula is C12H16BrNOS. The lowest BCUT2D eigenvalue weighted by Gasteiger charge is -2.03. The van der Waals surface area contributed by atoms with Crippen LogP contribution in [0.4, 0.5) is 0 Å². The Labute approximate surface area is 109 Å². The van der Waals surface area contributed by atoms with Crippen LogP contribution in [0.2, 0.25) is 0 Å². The molecule has 1 amide bonds. The number of rotatable bonds is 6. The molecule has 0 atom stereocenters. The second kappa shape index (κ2) is 7.74. The topological polar surface area (TPSA) is 29.1 Å². The summed E-state index contributed by atoms with van der Waals surface area (Å²) in [6.45, 7) is 2.83. The van der Waals surface area contributed by atoms with Gasteiger partial charge in [-0.3, -0.25) is 4.79 Å². The van der Waals surface area contributed by atoms with Crippen molar-refractivity contribution in [1.82, 2.24) is 5.32 Å². The van der Waals surface area contributed by atoms with Crippen molar-refractivity contribution in [2.24, 2.45) is 0 Å². The van der Waals surface area contributed by atoms with Gasteiger partial charge in [-0.25, -0.2) is 0 Å². The smallest absolute Gasteiger partial charge is 0.230 e. The SMILES string of the molecule is CCCNC(=O)CSCc1ccc(Br)cc1. The van der Waals surface area contributed by atoms with Crippen molar-refractivity contribution in [2.45, 2.75) is 19.1 Å². The summed E-state index contributed by atoms with van der Waals surface area (Å²) in [6, 6.07) is 8.18. The minimum absolute atomic E-state index is 0.129. The number of carbonyl (C=O) groups excluding carboxylic acids is 1. The van der Waals surface area contributed by atoms with Gasteiger partial charge in [0.15, 0.2) is 0 Å². The summed E-state index contributed by atoms with van der Waals surface area (Å²) < 4.78 is 1.09. The van der Waals surface area contributed by atoms with Gasteiger partial charge in [-0.2, -0.15) is 0 Å². The summed E-state index contributed by atoms with van der Waals surface area (Å²) in [5, 5.41) is 2.86. The van der Waals surface area contributed by atoms with Gasteiger partial charge in [0.05, 0.1) is 5.75 Å². The van der Waals surface area contributed by atoms with Gasteiger partial charge < -0.3 is 5.32 Å². The van der Waals surface area contributed by atoms with E-state index in [1.54, 1.807) is 11.8 Å². The van der Waals surface area contributed by atoms with Crippen LogP contribution in [0.5, 0.6) is 0 Å². The Bertz CT molecular complexity index is 326. The maximum atomic E-state index is 11.3. The maximum Gasteiger partial charge on any atom is 0.230 e. The molecule has 0 aliphatic rings. The van der Waals surface area contributed by atoms with Crippen LogP contribution in [0.3, 0.4) is 0 Å². The lowest BCUT2D eigenvalue weighted by Crippen LogP contribution is -2.25. The number of halogens is 1.